The Morgan fingerprint density at radius 3 is 2.17 bits per heavy atom. The fourth-order valence-electron chi connectivity index (χ4n) is 1.88. The van der Waals surface area contributed by atoms with Crippen LogP contribution in [0.4, 0.5) is 4.79 Å². The third-order valence-corrected chi connectivity index (χ3v) is 2.74. The van der Waals surface area contributed by atoms with Crippen LogP contribution in [0.15, 0.2) is 30.3 Å². The summed E-state index contributed by atoms with van der Waals surface area (Å²) in [6, 6.07) is 7.74. The summed E-state index contributed by atoms with van der Waals surface area (Å²) in [6.07, 6.45) is -2.62. The Labute approximate surface area is 136 Å². The largest absolute Gasteiger partial charge is 0.461 e. The van der Waals surface area contributed by atoms with E-state index < -0.39 is 29.8 Å². The maximum absolute atomic E-state index is 12.0. The Morgan fingerprint density at radius 2 is 1.70 bits per heavy atom. The van der Waals surface area contributed by atoms with Crippen LogP contribution in [0.2, 0.25) is 0 Å². The lowest BCUT2D eigenvalue weighted by molar-refractivity contribution is -0.159. The topological polar surface area (TPSA) is 84.9 Å². The molecule has 0 unspecified atom stereocenters. The minimum absolute atomic E-state index is 0.366. The maximum atomic E-state index is 12.0. The number of benzene rings is 1. The van der Waals surface area contributed by atoms with Crippen molar-refractivity contribution in [3.05, 3.63) is 35.9 Å². The van der Waals surface area contributed by atoms with E-state index in [4.69, 9.17) is 9.47 Å². The molecule has 0 saturated heterocycles. The molecule has 0 spiro atoms. The number of amides is 1. The van der Waals surface area contributed by atoms with Crippen LogP contribution in [0.25, 0.3) is 0 Å². The molecule has 0 aromatic heterocycles. The van der Waals surface area contributed by atoms with Crippen LogP contribution >= 0.6 is 0 Å². The highest BCUT2D eigenvalue weighted by atomic mass is 16.6. The van der Waals surface area contributed by atoms with Gasteiger partial charge in [0, 0.05) is 0 Å². The summed E-state index contributed by atoms with van der Waals surface area (Å²) in [7, 11) is 0. The van der Waals surface area contributed by atoms with Crippen molar-refractivity contribution in [1.82, 2.24) is 5.32 Å². The zero-order valence-electron chi connectivity index (χ0n) is 14.2. The summed E-state index contributed by atoms with van der Waals surface area (Å²) in [6.45, 7) is 8.56. The number of aliphatic hydroxyl groups excluding tert-OH is 1. The monoisotopic (exact) mass is 323 g/mol. The lowest BCUT2D eigenvalue weighted by atomic mass is 10.0. The third kappa shape index (κ3) is 6.69. The summed E-state index contributed by atoms with van der Waals surface area (Å²) < 4.78 is 10.2. The molecule has 0 aliphatic carbocycles. The molecule has 0 saturated carbocycles. The van der Waals surface area contributed by atoms with Gasteiger partial charge >= 0.3 is 12.1 Å². The number of rotatable bonds is 5. The number of hydrogen-bond acceptors (Lipinski definition) is 5. The number of aliphatic hydroxyl groups is 1. The zero-order valence-corrected chi connectivity index (χ0v) is 14.2. The molecule has 1 aromatic rings. The Hall–Kier alpha value is -2.08. The number of ether oxygens (including phenoxy) is 2. The number of hydrogen-bond donors (Lipinski definition) is 2. The zero-order chi connectivity index (χ0) is 17.6. The van der Waals surface area contributed by atoms with E-state index in [1.54, 1.807) is 65.0 Å². The van der Waals surface area contributed by atoms with Crippen LogP contribution in [0.1, 0.15) is 46.2 Å². The second kappa shape index (κ2) is 7.97. The molecule has 6 heteroatoms. The van der Waals surface area contributed by atoms with Crippen LogP contribution < -0.4 is 5.32 Å². The van der Waals surface area contributed by atoms with Crippen molar-refractivity contribution in [3.63, 3.8) is 0 Å². The number of carbonyl (C=O) groups excluding carboxylic acids is 2. The van der Waals surface area contributed by atoms with Gasteiger partial charge in [0.25, 0.3) is 0 Å². The molecule has 1 aromatic carbocycles. The molecule has 128 valence electrons. The van der Waals surface area contributed by atoms with Gasteiger partial charge in [0.05, 0.1) is 12.1 Å². The molecule has 1 rings (SSSR count). The van der Waals surface area contributed by atoms with E-state index in [2.05, 4.69) is 5.32 Å². The van der Waals surface area contributed by atoms with Crippen molar-refractivity contribution < 1.29 is 24.2 Å². The summed E-state index contributed by atoms with van der Waals surface area (Å²) in [5, 5.41) is 12.8. The highest BCUT2D eigenvalue weighted by Crippen LogP contribution is 2.19. The molecule has 0 fully saturated rings. The SMILES string of the molecule is CC(C)OC(=O)[C@H](O)[C@@H](NC(=O)OC(C)(C)C)c1ccccc1. The van der Waals surface area contributed by atoms with Gasteiger partial charge in [-0.25, -0.2) is 9.59 Å². The van der Waals surface area contributed by atoms with E-state index in [9.17, 15) is 14.7 Å². The highest BCUT2D eigenvalue weighted by Gasteiger charge is 2.32. The van der Waals surface area contributed by atoms with Crippen LogP contribution in [0.5, 0.6) is 0 Å². The average molecular weight is 323 g/mol. The molecule has 0 bridgehead atoms. The average Bonchev–Trinajstić information content (AvgIpc) is 2.42. The summed E-state index contributed by atoms with van der Waals surface area (Å²) >= 11 is 0. The Kier molecular flexibility index (Phi) is 6.57. The fraction of sp³-hybridized carbons (Fsp3) is 0.529. The van der Waals surface area contributed by atoms with E-state index in [0.717, 1.165) is 0 Å². The molecule has 1 amide bonds. The molecule has 0 aliphatic rings. The van der Waals surface area contributed by atoms with Crippen LogP contribution in [0, 0.1) is 0 Å². The van der Waals surface area contributed by atoms with Gasteiger partial charge in [0.2, 0.25) is 0 Å². The van der Waals surface area contributed by atoms with E-state index in [1.165, 1.54) is 0 Å². The summed E-state index contributed by atoms with van der Waals surface area (Å²) in [5.41, 5.74) is -0.110. The first kappa shape index (κ1) is 19.0. The first-order chi connectivity index (χ1) is 10.6. The standard InChI is InChI=1S/C17H25NO5/c1-11(2)22-15(20)14(19)13(12-9-7-6-8-10-12)18-16(21)23-17(3,4)5/h6-11,13-14,19H,1-5H3,(H,18,21)/t13-,14+/m0/s1. The normalized spacial score (nSPS) is 14.0. The fourth-order valence-corrected chi connectivity index (χ4v) is 1.88. The van der Waals surface area contributed by atoms with Crippen molar-refractivity contribution >= 4 is 12.1 Å². The van der Waals surface area contributed by atoms with Crippen LogP contribution in [0.3, 0.4) is 0 Å². The Morgan fingerprint density at radius 1 is 1.13 bits per heavy atom. The van der Waals surface area contributed by atoms with E-state index in [0.29, 0.717) is 5.56 Å². The minimum Gasteiger partial charge on any atom is -0.461 e. The summed E-state index contributed by atoms with van der Waals surface area (Å²) in [4.78, 5) is 24.0. The molecule has 2 N–H and O–H groups in total. The lowest BCUT2D eigenvalue weighted by Gasteiger charge is -2.26. The van der Waals surface area contributed by atoms with Gasteiger partial charge in [-0.3, -0.25) is 0 Å². The molecule has 2 atom stereocenters. The van der Waals surface area contributed by atoms with Gasteiger partial charge in [0.1, 0.15) is 5.60 Å². The molecular formula is C17H25NO5. The Balaban J connectivity index is 2.94. The maximum Gasteiger partial charge on any atom is 0.408 e. The number of alkyl carbamates (subject to hydrolysis) is 1. The van der Waals surface area contributed by atoms with E-state index >= 15 is 0 Å². The van der Waals surface area contributed by atoms with Crippen molar-refractivity contribution in [1.29, 1.82) is 0 Å². The molecule has 0 heterocycles. The molecular weight excluding hydrogens is 298 g/mol. The molecule has 0 aliphatic heterocycles. The van der Waals surface area contributed by atoms with E-state index in [1.807, 2.05) is 0 Å². The van der Waals surface area contributed by atoms with Gasteiger partial charge < -0.3 is 19.9 Å². The number of carbonyl (C=O) groups is 2. The van der Waals surface area contributed by atoms with Gasteiger partial charge in [-0.15, -0.1) is 0 Å². The minimum atomic E-state index is -1.53. The molecule has 23 heavy (non-hydrogen) atoms. The quantitative estimate of drug-likeness (QED) is 0.814. The predicted octanol–water partition coefficient (Wildman–Crippen LogP) is 2.56. The predicted molar refractivity (Wildman–Crippen MR) is 85.8 cm³/mol. The van der Waals surface area contributed by atoms with Gasteiger partial charge in [-0.2, -0.15) is 0 Å². The second-order valence-electron chi connectivity index (χ2n) is 6.47. The molecule has 6 nitrogen and oxygen atoms in total. The van der Waals surface area contributed by atoms with Crippen molar-refractivity contribution in [2.45, 2.75) is 58.5 Å². The van der Waals surface area contributed by atoms with E-state index in [-0.39, 0.29) is 6.10 Å². The third-order valence-electron chi connectivity index (χ3n) is 2.74. The molecule has 0 radical (unpaired) electrons. The second-order valence-corrected chi connectivity index (χ2v) is 6.47. The van der Waals surface area contributed by atoms with Crippen molar-refractivity contribution in [2.24, 2.45) is 0 Å². The Bertz CT molecular complexity index is 522. The smallest absolute Gasteiger partial charge is 0.408 e. The van der Waals surface area contributed by atoms with Gasteiger partial charge in [0.15, 0.2) is 6.10 Å². The van der Waals surface area contributed by atoms with Crippen LogP contribution in [-0.4, -0.2) is 35.0 Å². The number of nitrogens with one attached hydrogen (secondary N) is 1. The first-order valence-electron chi connectivity index (χ1n) is 7.53. The van der Waals surface area contributed by atoms with Gasteiger partial charge in [-0.1, -0.05) is 30.3 Å². The lowest BCUT2D eigenvalue weighted by Crippen LogP contribution is -2.43. The first-order valence-corrected chi connectivity index (χ1v) is 7.53. The summed E-state index contributed by atoms with van der Waals surface area (Å²) in [5.74, 6) is -0.801. The van der Waals surface area contributed by atoms with Crippen molar-refractivity contribution in [3.8, 4) is 0 Å². The van der Waals surface area contributed by atoms with Crippen LogP contribution in [-0.2, 0) is 14.3 Å². The van der Waals surface area contributed by atoms with Gasteiger partial charge in [-0.05, 0) is 40.2 Å². The van der Waals surface area contributed by atoms with Crippen molar-refractivity contribution in [2.75, 3.05) is 0 Å². The highest BCUT2D eigenvalue weighted by molar-refractivity contribution is 5.77. The number of esters is 1.